The van der Waals surface area contributed by atoms with E-state index in [1.165, 1.54) is 11.6 Å². The van der Waals surface area contributed by atoms with Crippen LogP contribution in [0.4, 0.5) is 5.69 Å². The van der Waals surface area contributed by atoms with Gasteiger partial charge in [-0.2, -0.15) is 5.10 Å². The van der Waals surface area contributed by atoms with Crippen molar-refractivity contribution in [1.82, 2.24) is 9.78 Å². The summed E-state index contributed by atoms with van der Waals surface area (Å²) >= 11 is 0. The van der Waals surface area contributed by atoms with Crippen LogP contribution in [-0.4, -0.2) is 28.3 Å². The summed E-state index contributed by atoms with van der Waals surface area (Å²) in [6.45, 7) is 3.78. The van der Waals surface area contributed by atoms with Crippen molar-refractivity contribution in [2.75, 3.05) is 12.1 Å². The van der Waals surface area contributed by atoms with Crippen molar-refractivity contribution in [2.45, 2.75) is 26.8 Å². The van der Waals surface area contributed by atoms with Gasteiger partial charge < -0.3 is 14.8 Å². The van der Waals surface area contributed by atoms with Crippen LogP contribution < -0.4 is 20.3 Å². The Balaban J connectivity index is 1.80. The molecule has 0 saturated carbocycles. The second-order valence-corrected chi connectivity index (χ2v) is 6.68. The summed E-state index contributed by atoms with van der Waals surface area (Å²) in [7, 11) is 0. The number of carbonyl (C=O) groups is 2. The third-order valence-corrected chi connectivity index (χ3v) is 4.66. The van der Waals surface area contributed by atoms with Gasteiger partial charge in [0.15, 0.2) is 23.0 Å². The molecule has 1 amide bonds. The number of rotatable bonds is 5. The molecule has 0 fully saturated rings. The van der Waals surface area contributed by atoms with Crippen molar-refractivity contribution < 1.29 is 19.1 Å². The highest BCUT2D eigenvalue weighted by molar-refractivity contribution is 6.13. The van der Waals surface area contributed by atoms with Gasteiger partial charge in [-0.05, 0) is 25.5 Å². The normalized spacial score (nSPS) is 12.2. The summed E-state index contributed by atoms with van der Waals surface area (Å²) in [5.74, 6) is 0.145. The molecular weight excluding hydrogens is 374 g/mol. The van der Waals surface area contributed by atoms with Crippen molar-refractivity contribution in [3.05, 3.63) is 58.0 Å². The summed E-state index contributed by atoms with van der Waals surface area (Å²) in [4.78, 5) is 37.8. The Hall–Kier alpha value is -3.68. The van der Waals surface area contributed by atoms with E-state index in [4.69, 9.17) is 9.47 Å². The molecule has 1 aliphatic heterocycles. The van der Waals surface area contributed by atoms with Crippen LogP contribution in [0.2, 0.25) is 0 Å². The number of ketones is 1. The van der Waals surface area contributed by atoms with Crippen molar-refractivity contribution in [3.8, 4) is 11.5 Å². The first-order chi connectivity index (χ1) is 14.0. The summed E-state index contributed by atoms with van der Waals surface area (Å²) in [5, 5.41) is 7.90. The molecule has 1 aromatic heterocycles. The van der Waals surface area contributed by atoms with Gasteiger partial charge in [0.1, 0.15) is 0 Å². The average Bonchev–Trinajstić information content (AvgIpc) is 3.17. The van der Waals surface area contributed by atoms with E-state index in [0.29, 0.717) is 46.5 Å². The number of nitrogens with zero attached hydrogens (tertiary/aromatic N) is 2. The number of anilines is 1. The number of Topliss-reactive ketones (excluding diaryl/α,β-unsaturated/α-hetero) is 1. The fourth-order valence-corrected chi connectivity index (χ4v) is 3.28. The monoisotopic (exact) mass is 393 g/mol. The maximum atomic E-state index is 13.1. The lowest BCUT2D eigenvalue weighted by Crippen LogP contribution is -2.27. The van der Waals surface area contributed by atoms with E-state index in [9.17, 15) is 14.4 Å². The number of nitrogens with one attached hydrogen (secondary N) is 1. The number of hydrogen-bond donors (Lipinski definition) is 1. The lowest BCUT2D eigenvalue weighted by molar-refractivity contribution is 0.101. The van der Waals surface area contributed by atoms with Crippen LogP contribution in [-0.2, 0) is 6.54 Å². The van der Waals surface area contributed by atoms with Crippen LogP contribution in [0.3, 0.4) is 0 Å². The van der Waals surface area contributed by atoms with Crippen LogP contribution >= 0.6 is 0 Å². The number of aromatic nitrogens is 2. The van der Waals surface area contributed by atoms with E-state index < -0.39 is 5.91 Å². The Labute approximate surface area is 166 Å². The zero-order valence-corrected chi connectivity index (χ0v) is 16.0. The number of amides is 1. The third kappa shape index (κ3) is 3.33. The van der Waals surface area contributed by atoms with E-state index in [1.807, 2.05) is 6.92 Å². The molecule has 1 aliphatic rings. The quantitative estimate of drug-likeness (QED) is 0.669. The minimum absolute atomic E-state index is 0.0538. The number of benzene rings is 2. The van der Waals surface area contributed by atoms with Crippen LogP contribution in [0.15, 0.2) is 41.2 Å². The zero-order chi connectivity index (χ0) is 20.5. The van der Waals surface area contributed by atoms with Gasteiger partial charge in [-0.1, -0.05) is 25.1 Å². The van der Waals surface area contributed by atoms with Gasteiger partial charge in [0.25, 0.3) is 11.5 Å². The molecule has 8 heteroatoms. The fourth-order valence-electron chi connectivity index (χ4n) is 3.28. The minimum Gasteiger partial charge on any atom is -0.454 e. The molecule has 3 aromatic rings. The first-order valence-electron chi connectivity index (χ1n) is 9.25. The zero-order valence-electron chi connectivity index (χ0n) is 16.0. The molecule has 0 unspecified atom stereocenters. The smallest absolute Gasteiger partial charge is 0.276 e. The molecular formula is C21H19N3O5. The Bertz CT molecular complexity index is 1200. The Morgan fingerprint density at radius 1 is 1.14 bits per heavy atom. The van der Waals surface area contributed by atoms with Crippen molar-refractivity contribution in [1.29, 1.82) is 0 Å². The van der Waals surface area contributed by atoms with E-state index in [-0.39, 0.29) is 23.8 Å². The second-order valence-electron chi connectivity index (χ2n) is 6.68. The molecule has 0 bridgehead atoms. The number of aryl methyl sites for hydroxylation is 1. The molecule has 0 radical (unpaired) electrons. The molecule has 1 N–H and O–H groups in total. The lowest BCUT2D eigenvalue weighted by atomic mass is 10.1. The second kappa shape index (κ2) is 7.38. The van der Waals surface area contributed by atoms with Gasteiger partial charge in [0.2, 0.25) is 6.79 Å². The summed E-state index contributed by atoms with van der Waals surface area (Å²) in [6, 6.07) is 9.94. The van der Waals surface area contributed by atoms with Crippen LogP contribution in [0.5, 0.6) is 11.5 Å². The molecule has 0 spiro atoms. The van der Waals surface area contributed by atoms with E-state index in [1.54, 1.807) is 36.4 Å². The average molecular weight is 393 g/mol. The van der Waals surface area contributed by atoms with Gasteiger partial charge in [0.05, 0.1) is 11.1 Å². The molecule has 0 aliphatic carbocycles. The lowest BCUT2D eigenvalue weighted by Gasteiger charge is -2.13. The van der Waals surface area contributed by atoms with Crippen LogP contribution in [0.1, 0.15) is 41.1 Å². The standard InChI is InChI=1S/C21H19N3O5/c1-3-8-24-21(27)14-7-5-4-6-13(14)19(23-24)20(26)22-16-10-18-17(28-11-29-18)9-15(16)12(2)25/h4-7,9-10H,3,8,11H2,1-2H3,(H,22,26). The first kappa shape index (κ1) is 18.7. The van der Waals surface area contributed by atoms with Gasteiger partial charge in [0, 0.05) is 23.6 Å². The Morgan fingerprint density at radius 3 is 2.52 bits per heavy atom. The predicted octanol–water partition coefficient (Wildman–Crippen LogP) is 2.99. The Kier molecular flexibility index (Phi) is 4.75. The summed E-state index contributed by atoms with van der Waals surface area (Å²) < 4.78 is 12.0. The number of hydrogen-bond acceptors (Lipinski definition) is 6. The molecule has 8 nitrogen and oxygen atoms in total. The first-order valence-corrected chi connectivity index (χ1v) is 9.25. The summed E-state index contributed by atoms with van der Waals surface area (Å²) in [6.07, 6.45) is 0.697. The number of ether oxygens (including phenoxy) is 2. The minimum atomic E-state index is -0.521. The molecule has 4 rings (SSSR count). The van der Waals surface area contributed by atoms with Gasteiger partial charge in [-0.15, -0.1) is 0 Å². The topological polar surface area (TPSA) is 99.5 Å². The summed E-state index contributed by atoms with van der Waals surface area (Å²) in [5.41, 5.74) is 0.465. The molecule has 148 valence electrons. The fraction of sp³-hybridized carbons (Fsp3) is 0.238. The molecule has 2 heterocycles. The van der Waals surface area contributed by atoms with Gasteiger partial charge >= 0.3 is 0 Å². The number of carbonyl (C=O) groups excluding carboxylic acids is 2. The Morgan fingerprint density at radius 2 is 1.83 bits per heavy atom. The highest BCUT2D eigenvalue weighted by Crippen LogP contribution is 2.37. The largest absolute Gasteiger partial charge is 0.454 e. The van der Waals surface area contributed by atoms with Crippen molar-refractivity contribution in [3.63, 3.8) is 0 Å². The van der Waals surface area contributed by atoms with E-state index in [0.717, 1.165) is 0 Å². The highest BCUT2D eigenvalue weighted by atomic mass is 16.7. The molecule has 29 heavy (non-hydrogen) atoms. The third-order valence-electron chi connectivity index (χ3n) is 4.66. The molecule has 2 aromatic carbocycles. The molecule has 0 atom stereocenters. The SMILES string of the molecule is CCCn1nc(C(=O)Nc2cc3c(cc2C(C)=O)OCO3)c2ccccc2c1=O. The highest BCUT2D eigenvalue weighted by Gasteiger charge is 2.22. The van der Waals surface area contributed by atoms with Gasteiger partial charge in [-0.3, -0.25) is 14.4 Å². The van der Waals surface area contributed by atoms with Crippen molar-refractivity contribution in [2.24, 2.45) is 0 Å². The maximum Gasteiger partial charge on any atom is 0.276 e. The van der Waals surface area contributed by atoms with Crippen LogP contribution in [0, 0.1) is 0 Å². The van der Waals surface area contributed by atoms with Crippen LogP contribution in [0.25, 0.3) is 10.8 Å². The predicted molar refractivity (Wildman–Crippen MR) is 107 cm³/mol. The van der Waals surface area contributed by atoms with E-state index in [2.05, 4.69) is 10.4 Å². The van der Waals surface area contributed by atoms with Gasteiger partial charge in [-0.25, -0.2) is 4.68 Å². The van der Waals surface area contributed by atoms with Crippen molar-refractivity contribution >= 4 is 28.2 Å². The van der Waals surface area contributed by atoms with E-state index >= 15 is 0 Å². The number of fused-ring (bicyclic) bond motifs is 2. The molecule has 0 saturated heterocycles. The maximum absolute atomic E-state index is 13.1.